The van der Waals surface area contributed by atoms with Crippen LogP contribution in [-0.2, 0) is 9.53 Å². The highest BCUT2D eigenvalue weighted by Gasteiger charge is 2.34. The van der Waals surface area contributed by atoms with E-state index in [0.29, 0.717) is 5.56 Å². The zero-order valence-corrected chi connectivity index (χ0v) is 21.6. The molecule has 2 aliphatic heterocycles. The second-order valence-corrected chi connectivity index (χ2v) is 8.73. The van der Waals surface area contributed by atoms with Gasteiger partial charge in [0.05, 0.1) is 24.4 Å². The molecule has 3 heterocycles. The molecule has 2 aliphatic rings. The van der Waals surface area contributed by atoms with Gasteiger partial charge in [-0.1, -0.05) is 56.3 Å². The molecule has 1 aromatic heterocycles. The molecule has 5 rings (SSSR count). The summed E-state index contributed by atoms with van der Waals surface area (Å²) in [6, 6.07) is 19.2. The highest BCUT2D eigenvalue weighted by atomic mass is 16.5. The van der Waals surface area contributed by atoms with Gasteiger partial charge in [-0.3, -0.25) is 4.79 Å². The quantitative estimate of drug-likeness (QED) is 0.452. The Morgan fingerprint density at radius 1 is 0.946 bits per heavy atom. The minimum absolute atomic E-state index is 0.0169. The van der Waals surface area contributed by atoms with Gasteiger partial charge in [0, 0.05) is 43.3 Å². The molecule has 192 valence electrons. The van der Waals surface area contributed by atoms with Crippen molar-refractivity contribution in [2.24, 2.45) is 11.0 Å². The molecular weight excluding hydrogens is 466 g/mol. The van der Waals surface area contributed by atoms with E-state index >= 15 is 0 Å². The summed E-state index contributed by atoms with van der Waals surface area (Å²) in [7, 11) is 1.36. The molecule has 0 bridgehead atoms. The van der Waals surface area contributed by atoms with E-state index < -0.39 is 0 Å². The van der Waals surface area contributed by atoms with Gasteiger partial charge in [0.15, 0.2) is 0 Å². The van der Waals surface area contributed by atoms with Crippen LogP contribution < -0.4 is 4.90 Å². The molecule has 0 saturated carbocycles. The normalized spacial score (nSPS) is 17.2. The number of rotatable bonds is 5. The fourth-order valence-electron chi connectivity index (χ4n) is 4.69. The van der Waals surface area contributed by atoms with Crippen LogP contribution >= 0.6 is 0 Å². The van der Waals surface area contributed by atoms with E-state index in [9.17, 15) is 9.59 Å². The third-order valence-electron chi connectivity index (χ3n) is 6.66. The second kappa shape index (κ2) is 12.3. The second-order valence-electron chi connectivity index (χ2n) is 8.73. The number of carbonyl (C=O) groups excluding carboxylic acids is 2. The van der Waals surface area contributed by atoms with E-state index in [1.165, 1.54) is 7.11 Å². The largest absolute Gasteiger partial charge is 0.465 e. The molecule has 3 aromatic rings. The number of hydrazone groups is 1. The van der Waals surface area contributed by atoms with Crippen LogP contribution in [0.4, 0.5) is 5.82 Å². The van der Waals surface area contributed by atoms with Crippen molar-refractivity contribution in [2.75, 3.05) is 25.1 Å². The Kier molecular flexibility index (Phi) is 8.61. The van der Waals surface area contributed by atoms with E-state index in [1.807, 2.05) is 56.5 Å². The molecule has 1 saturated heterocycles. The monoisotopic (exact) mass is 499 g/mol. The number of anilines is 1. The predicted molar refractivity (Wildman–Crippen MR) is 144 cm³/mol. The highest BCUT2D eigenvalue weighted by molar-refractivity contribution is 5.90. The van der Waals surface area contributed by atoms with Gasteiger partial charge >= 0.3 is 5.97 Å². The Balaban J connectivity index is 0.00000156. The first-order valence-electron chi connectivity index (χ1n) is 12.8. The van der Waals surface area contributed by atoms with Crippen LogP contribution in [0.2, 0.25) is 0 Å². The number of aromatic nitrogens is 2. The van der Waals surface area contributed by atoms with E-state index in [0.717, 1.165) is 55.0 Å². The van der Waals surface area contributed by atoms with Crippen molar-refractivity contribution in [3.05, 3.63) is 78.1 Å². The number of nitrogens with zero attached hydrogens (tertiary/aromatic N) is 5. The maximum atomic E-state index is 13.3. The summed E-state index contributed by atoms with van der Waals surface area (Å²) >= 11 is 0. The summed E-state index contributed by atoms with van der Waals surface area (Å²) < 4.78 is 4.76. The van der Waals surface area contributed by atoms with Gasteiger partial charge in [0.25, 0.3) is 0 Å². The molecule has 1 atom stereocenters. The van der Waals surface area contributed by atoms with Gasteiger partial charge in [0.2, 0.25) is 5.91 Å². The minimum atomic E-state index is -0.368. The SMILES string of the molecule is CC.COC(=O)c1ccc(-c2cc(N3CCC(C(=O)N4N=CCC4c4ccccc4)CC3)ncn2)cc1. The lowest BCUT2D eigenvalue weighted by Crippen LogP contribution is -2.41. The number of hydrogen-bond donors (Lipinski definition) is 0. The fraction of sp³-hybridized carbons (Fsp3) is 0.345. The number of esters is 1. The van der Waals surface area contributed by atoms with Crippen LogP contribution in [0.15, 0.2) is 72.1 Å². The van der Waals surface area contributed by atoms with Gasteiger partial charge in [-0.25, -0.2) is 19.8 Å². The standard InChI is InChI=1S/C27H27N5O3.C2H6/c1-35-27(34)22-9-7-19(8-10-22)23-17-25(29-18-28-23)31-15-12-21(13-16-31)26(33)32-24(11-14-30-32)20-5-3-2-4-6-20;1-2/h2-10,14,17-18,21,24H,11-13,15-16H2,1H3;1-2H3. The molecule has 0 aliphatic carbocycles. The predicted octanol–water partition coefficient (Wildman–Crippen LogP) is 5.13. The smallest absolute Gasteiger partial charge is 0.337 e. The number of hydrogen-bond acceptors (Lipinski definition) is 7. The third kappa shape index (κ3) is 5.85. The van der Waals surface area contributed by atoms with Crippen LogP contribution in [0.3, 0.4) is 0 Å². The van der Waals surface area contributed by atoms with Crippen molar-refractivity contribution in [3.63, 3.8) is 0 Å². The molecule has 0 spiro atoms. The average molecular weight is 500 g/mol. The van der Waals surface area contributed by atoms with Crippen LogP contribution in [0, 0.1) is 5.92 Å². The first-order chi connectivity index (χ1) is 18.1. The molecular formula is C29H33N5O3. The van der Waals surface area contributed by atoms with Crippen LogP contribution in [0.5, 0.6) is 0 Å². The number of ether oxygens (including phenoxy) is 1. The summed E-state index contributed by atoms with van der Waals surface area (Å²) in [4.78, 5) is 36.0. The topological polar surface area (TPSA) is 88.0 Å². The zero-order valence-electron chi connectivity index (χ0n) is 21.6. The lowest BCUT2D eigenvalue weighted by atomic mass is 9.94. The van der Waals surface area contributed by atoms with Crippen molar-refractivity contribution >= 4 is 23.9 Å². The Morgan fingerprint density at radius 3 is 2.32 bits per heavy atom. The van der Waals surface area contributed by atoms with Crippen molar-refractivity contribution in [3.8, 4) is 11.3 Å². The number of piperidine rings is 1. The van der Waals surface area contributed by atoms with E-state index in [-0.39, 0.29) is 23.8 Å². The molecule has 37 heavy (non-hydrogen) atoms. The number of amides is 1. The molecule has 2 aromatic carbocycles. The van der Waals surface area contributed by atoms with Gasteiger partial charge in [-0.15, -0.1) is 0 Å². The van der Waals surface area contributed by atoms with Crippen molar-refractivity contribution in [2.45, 2.75) is 39.2 Å². The minimum Gasteiger partial charge on any atom is -0.465 e. The molecule has 1 amide bonds. The average Bonchev–Trinajstić information content (AvgIpc) is 3.48. The Morgan fingerprint density at radius 2 is 1.65 bits per heavy atom. The lowest BCUT2D eigenvalue weighted by Gasteiger charge is -2.34. The summed E-state index contributed by atoms with van der Waals surface area (Å²) in [6.07, 6.45) is 5.64. The highest BCUT2D eigenvalue weighted by Crippen LogP contribution is 2.32. The van der Waals surface area contributed by atoms with E-state index in [4.69, 9.17) is 4.74 Å². The maximum Gasteiger partial charge on any atom is 0.337 e. The Labute approximate surface area is 218 Å². The molecule has 8 heteroatoms. The summed E-state index contributed by atoms with van der Waals surface area (Å²) in [5.74, 6) is 0.507. The van der Waals surface area contributed by atoms with Gasteiger partial charge in [-0.2, -0.15) is 5.10 Å². The van der Waals surface area contributed by atoms with Crippen molar-refractivity contribution in [1.29, 1.82) is 0 Å². The van der Waals surface area contributed by atoms with Gasteiger partial charge < -0.3 is 9.64 Å². The van der Waals surface area contributed by atoms with Gasteiger partial charge in [0.1, 0.15) is 12.1 Å². The molecule has 1 fully saturated rings. The van der Waals surface area contributed by atoms with Crippen molar-refractivity contribution < 1.29 is 14.3 Å². The summed E-state index contributed by atoms with van der Waals surface area (Å²) in [5.41, 5.74) is 3.28. The van der Waals surface area contributed by atoms with Gasteiger partial charge in [-0.05, 0) is 30.5 Å². The summed E-state index contributed by atoms with van der Waals surface area (Å²) in [5, 5.41) is 6.09. The Bertz CT molecular complexity index is 1220. The third-order valence-corrected chi connectivity index (χ3v) is 6.66. The lowest BCUT2D eigenvalue weighted by molar-refractivity contribution is -0.138. The van der Waals surface area contributed by atoms with Crippen LogP contribution in [0.1, 0.15) is 55.1 Å². The number of benzene rings is 2. The molecule has 0 N–H and O–H groups in total. The van der Waals surface area contributed by atoms with Crippen LogP contribution in [0.25, 0.3) is 11.3 Å². The summed E-state index contributed by atoms with van der Waals surface area (Å²) in [6.45, 7) is 5.48. The Hall–Kier alpha value is -4.07. The molecule has 1 unspecified atom stereocenters. The van der Waals surface area contributed by atoms with Crippen LogP contribution in [-0.4, -0.2) is 53.3 Å². The van der Waals surface area contributed by atoms with E-state index in [2.05, 4.69) is 32.1 Å². The van der Waals surface area contributed by atoms with Crippen molar-refractivity contribution in [1.82, 2.24) is 15.0 Å². The number of methoxy groups -OCH3 is 1. The van der Waals surface area contributed by atoms with E-state index in [1.54, 1.807) is 23.5 Å². The first-order valence-corrected chi connectivity index (χ1v) is 12.8. The maximum absolute atomic E-state index is 13.3. The number of carbonyl (C=O) groups is 2. The molecule has 0 radical (unpaired) electrons. The molecule has 8 nitrogen and oxygen atoms in total. The first kappa shape index (κ1) is 26.0. The zero-order chi connectivity index (χ0) is 26.2. The fourth-order valence-corrected chi connectivity index (χ4v) is 4.69.